The number of nitrogens with zero attached hydrogens (tertiary/aromatic N) is 5. The van der Waals surface area contributed by atoms with Gasteiger partial charge in [0.25, 0.3) is 11.8 Å². The predicted molar refractivity (Wildman–Crippen MR) is 144 cm³/mol. The number of ether oxygens (including phenoxy) is 1. The van der Waals surface area contributed by atoms with E-state index in [1.807, 2.05) is 55.1 Å². The van der Waals surface area contributed by atoms with Gasteiger partial charge in [-0.15, -0.1) is 10.2 Å². The van der Waals surface area contributed by atoms with Gasteiger partial charge in [0, 0.05) is 11.1 Å². The van der Waals surface area contributed by atoms with Crippen LogP contribution < -0.4 is 10.1 Å². The molecule has 0 fully saturated rings. The summed E-state index contributed by atoms with van der Waals surface area (Å²) >= 11 is 0. The molecule has 1 aliphatic heterocycles. The summed E-state index contributed by atoms with van der Waals surface area (Å²) in [5, 5.41) is 16.3. The van der Waals surface area contributed by atoms with E-state index in [1.54, 1.807) is 19.2 Å². The maximum absolute atomic E-state index is 13.9. The summed E-state index contributed by atoms with van der Waals surface area (Å²) in [4.78, 5) is 33.3. The van der Waals surface area contributed by atoms with Crippen molar-refractivity contribution in [2.45, 2.75) is 65.7 Å². The number of nitrogens with one attached hydrogen (secondary N) is 2. The first-order valence-corrected chi connectivity index (χ1v) is 12.7. The highest BCUT2D eigenvalue weighted by Crippen LogP contribution is 2.40. The number of carbonyl (C=O) groups is 2. The van der Waals surface area contributed by atoms with Crippen molar-refractivity contribution < 1.29 is 14.3 Å². The van der Waals surface area contributed by atoms with Gasteiger partial charge in [-0.3, -0.25) is 14.6 Å². The van der Waals surface area contributed by atoms with Crippen molar-refractivity contribution >= 4 is 17.5 Å². The normalized spacial score (nSPS) is 15.8. The Bertz CT molecular complexity index is 1310. The Kier molecular flexibility index (Phi) is 7.61. The fourth-order valence-corrected chi connectivity index (χ4v) is 4.61. The lowest BCUT2D eigenvalue weighted by Crippen LogP contribution is -2.45. The number of aliphatic imine (C=N–C) groups is 1. The zero-order valence-corrected chi connectivity index (χ0v) is 22.8. The van der Waals surface area contributed by atoms with Gasteiger partial charge in [0.15, 0.2) is 5.82 Å². The Labute approximate surface area is 222 Å². The van der Waals surface area contributed by atoms with Crippen molar-refractivity contribution in [1.82, 2.24) is 30.8 Å². The molecule has 0 saturated heterocycles. The van der Waals surface area contributed by atoms with Gasteiger partial charge in [0.05, 0.1) is 19.7 Å². The molecule has 200 valence electrons. The van der Waals surface area contributed by atoms with Gasteiger partial charge in [0.1, 0.15) is 17.1 Å². The van der Waals surface area contributed by atoms with E-state index in [9.17, 15) is 9.59 Å². The van der Waals surface area contributed by atoms with Crippen molar-refractivity contribution in [2.75, 3.05) is 7.11 Å². The number of hydrogen-bond acceptors (Lipinski definition) is 7. The van der Waals surface area contributed by atoms with Gasteiger partial charge in [-0.25, -0.2) is 0 Å². The molecule has 2 aromatic carbocycles. The first-order chi connectivity index (χ1) is 18.0. The number of aromatic amines is 1. The molecule has 4 rings (SSSR count). The number of tetrazole rings is 1. The van der Waals surface area contributed by atoms with Crippen LogP contribution in [0.3, 0.4) is 0 Å². The third kappa shape index (κ3) is 6.07. The van der Waals surface area contributed by atoms with Crippen molar-refractivity contribution in [3.63, 3.8) is 0 Å². The van der Waals surface area contributed by atoms with E-state index in [-0.39, 0.29) is 29.8 Å². The highest BCUT2D eigenvalue weighted by atomic mass is 16.5. The minimum atomic E-state index is -0.751. The van der Waals surface area contributed by atoms with E-state index in [1.165, 1.54) is 0 Å². The summed E-state index contributed by atoms with van der Waals surface area (Å²) in [7, 11) is 1.60. The molecular weight excluding hydrogens is 482 g/mol. The number of rotatable bonds is 9. The van der Waals surface area contributed by atoms with Gasteiger partial charge in [-0.1, -0.05) is 50.3 Å². The second-order valence-corrected chi connectivity index (χ2v) is 11.1. The Morgan fingerprint density at radius 1 is 1.16 bits per heavy atom. The van der Waals surface area contributed by atoms with Crippen LogP contribution in [0.1, 0.15) is 80.8 Å². The molecule has 0 spiro atoms. The topological polar surface area (TPSA) is 125 Å². The molecule has 2 heterocycles. The number of carbonyl (C=O) groups excluding carboxylic acids is 2. The molecule has 0 aliphatic carbocycles. The van der Waals surface area contributed by atoms with Crippen LogP contribution in [0.4, 0.5) is 0 Å². The van der Waals surface area contributed by atoms with Gasteiger partial charge in [0.2, 0.25) is 0 Å². The molecule has 1 aliphatic rings. The largest absolute Gasteiger partial charge is 0.497 e. The first-order valence-electron chi connectivity index (χ1n) is 12.7. The Balaban J connectivity index is 1.60. The van der Waals surface area contributed by atoms with Crippen molar-refractivity contribution in [1.29, 1.82) is 0 Å². The second-order valence-electron chi connectivity index (χ2n) is 11.1. The lowest BCUT2D eigenvalue weighted by molar-refractivity contribution is -0.130. The Hall–Kier alpha value is -4.08. The lowest BCUT2D eigenvalue weighted by Gasteiger charge is -2.38. The molecule has 0 radical (unpaired) electrons. The molecule has 0 saturated carbocycles. The summed E-state index contributed by atoms with van der Waals surface area (Å²) < 4.78 is 5.37. The maximum Gasteiger partial charge on any atom is 0.275 e. The van der Waals surface area contributed by atoms with Crippen molar-refractivity contribution in [3.8, 4) is 5.75 Å². The predicted octanol–water partition coefficient (Wildman–Crippen LogP) is 4.07. The van der Waals surface area contributed by atoms with Crippen LogP contribution in [0.25, 0.3) is 0 Å². The number of methoxy groups -OCH3 is 1. The van der Waals surface area contributed by atoms with Gasteiger partial charge < -0.3 is 15.0 Å². The Morgan fingerprint density at radius 2 is 1.89 bits per heavy atom. The van der Waals surface area contributed by atoms with Crippen LogP contribution in [0.2, 0.25) is 0 Å². The molecule has 2 amide bonds. The van der Waals surface area contributed by atoms with Crippen LogP contribution in [0, 0.1) is 5.41 Å². The highest BCUT2D eigenvalue weighted by Gasteiger charge is 2.45. The number of aromatic nitrogens is 4. The molecule has 0 unspecified atom stereocenters. The quantitative estimate of drug-likeness (QED) is 0.441. The summed E-state index contributed by atoms with van der Waals surface area (Å²) in [6, 6.07) is 14.6. The van der Waals surface area contributed by atoms with E-state index in [0.29, 0.717) is 22.8 Å². The molecule has 3 aromatic rings. The number of amides is 2. The van der Waals surface area contributed by atoms with Gasteiger partial charge in [-0.05, 0) is 61.9 Å². The zero-order chi connectivity index (χ0) is 27.5. The van der Waals surface area contributed by atoms with E-state index in [4.69, 9.17) is 9.73 Å². The van der Waals surface area contributed by atoms with Gasteiger partial charge in [-0.2, -0.15) is 5.21 Å². The third-order valence-electron chi connectivity index (χ3n) is 6.57. The SMILES string of the molecule is COc1cccc(C2=NC(C)(C)N([C@H](CCC(C)(C)C)c3ccc(C(=O)NCc4nn[nH]n4)cc3)C2=O)c1. The molecule has 2 N–H and O–H groups in total. The average Bonchev–Trinajstić information content (AvgIpc) is 3.49. The number of benzene rings is 2. The van der Waals surface area contributed by atoms with Crippen molar-refractivity contribution in [3.05, 3.63) is 71.0 Å². The fraction of sp³-hybridized carbons (Fsp3) is 0.429. The summed E-state index contributed by atoms with van der Waals surface area (Å²) in [6.45, 7) is 10.7. The minimum absolute atomic E-state index is 0.0800. The minimum Gasteiger partial charge on any atom is -0.497 e. The van der Waals surface area contributed by atoms with Gasteiger partial charge >= 0.3 is 0 Å². The number of H-pyrrole nitrogens is 1. The smallest absolute Gasteiger partial charge is 0.275 e. The lowest BCUT2D eigenvalue weighted by atomic mass is 9.86. The average molecular weight is 518 g/mol. The second kappa shape index (κ2) is 10.7. The third-order valence-corrected chi connectivity index (χ3v) is 6.57. The van der Waals surface area contributed by atoms with Crippen LogP contribution in [-0.2, 0) is 11.3 Å². The molecule has 38 heavy (non-hydrogen) atoms. The molecule has 1 atom stereocenters. The molecule has 10 nitrogen and oxygen atoms in total. The van der Waals surface area contributed by atoms with Crippen LogP contribution in [-0.4, -0.2) is 55.8 Å². The fourth-order valence-electron chi connectivity index (χ4n) is 4.61. The number of hydrogen-bond donors (Lipinski definition) is 2. The monoisotopic (exact) mass is 517 g/mol. The zero-order valence-electron chi connectivity index (χ0n) is 22.8. The maximum atomic E-state index is 13.9. The molecular formula is C28H35N7O3. The van der Waals surface area contributed by atoms with E-state index in [2.05, 4.69) is 46.7 Å². The van der Waals surface area contributed by atoms with Crippen LogP contribution >= 0.6 is 0 Å². The van der Waals surface area contributed by atoms with E-state index >= 15 is 0 Å². The van der Waals surface area contributed by atoms with Crippen molar-refractivity contribution in [2.24, 2.45) is 10.4 Å². The summed E-state index contributed by atoms with van der Waals surface area (Å²) in [5.74, 6) is 0.712. The van der Waals surface area contributed by atoms with Crippen LogP contribution in [0.5, 0.6) is 5.75 Å². The Morgan fingerprint density at radius 3 is 2.53 bits per heavy atom. The molecule has 10 heteroatoms. The highest BCUT2D eigenvalue weighted by molar-refractivity contribution is 6.46. The van der Waals surface area contributed by atoms with E-state index < -0.39 is 5.66 Å². The first kappa shape index (κ1) is 27.0. The van der Waals surface area contributed by atoms with Crippen LogP contribution in [0.15, 0.2) is 53.5 Å². The summed E-state index contributed by atoms with van der Waals surface area (Å²) in [6.07, 6.45) is 1.65. The van der Waals surface area contributed by atoms with E-state index in [0.717, 1.165) is 24.0 Å². The molecule has 0 bridgehead atoms. The molecule has 1 aromatic heterocycles. The standard InChI is InChI=1S/C28H35N7O3/c1-27(2,3)15-14-22(18-10-12-19(13-11-18)25(36)29-17-23-31-33-34-32-23)35-26(37)24(30-28(35,4)5)20-8-7-9-21(16-20)38-6/h7-13,16,22H,14-15,17H2,1-6H3,(H,29,36)(H,31,32,33,34)/t22-/m1/s1. The summed E-state index contributed by atoms with van der Waals surface area (Å²) in [5.41, 5.74) is 1.94.